The van der Waals surface area contributed by atoms with Crippen LogP contribution in [-0.4, -0.2) is 37.8 Å². The van der Waals surface area contributed by atoms with Crippen molar-refractivity contribution in [2.45, 2.75) is 30.7 Å². The number of nitrogens with zero attached hydrogens (tertiary/aromatic N) is 1. The van der Waals surface area contributed by atoms with Crippen LogP contribution < -0.4 is 5.32 Å². The quantitative estimate of drug-likeness (QED) is 0.921. The van der Waals surface area contributed by atoms with Crippen molar-refractivity contribution in [2.24, 2.45) is 0 Å². The zero-order valence-electron chi connectivity index (χ0n) is 11.2. The molecule has 1 N–H and O–H groups in total. The summed E-state index contributed by atoms with van der Waals surface area (Å²) in [6.45, 7) is 2.29. The number of hydrogen-bond acceptors (Lipinski definition) is 3. The largest absolute Gasteiger partial charge is 0.354 e. The Kier molecular flexibility index (Phi) is 4.67. The third-order valence-electron chi connectivity index (χ3n) is 3.31. The molecule has 2 rings (SSSR count). The average molecular weight is 317 g/mol. The number of sulfonamides is 1. The van der Waals surface area contributed by atoms with Gasteiger partial charge >= 0.3 is 0 Å². The highest BCUT2D eigenvalue weighted by molar-refractivity contribution is 7.89. The molecule has 0 bridgehead atoms. The van der Waals surface area contributed by atoms with E-state index in [0.717, 1.165) is 0 Å². The maximum Gasteiger partial charge on any atom is 0.243 e. The molecule has 1 saturated heterocycles. The summed E-state index contributed by atoms with van der Waals surface area (Å²) in [6.07, 6.45) is 1.26. The Morgan fingerprint density at radius 1 is 1.25 bits per heavy atom. The smallest absolute Gasteiger partial charge is 0.243 e. The molecule has 0 spiro atoms. The van der Waals surface area contributed by atoms with Gasteiger partial charge in [0.15, 0.2) is 0 Å². The van der Waals surface area contributed by atoms with Crippen molar-refractivity contribution in [3.63, 3.8) is 0 Å². The van der Waals surface area contributed by atoms with Gasteiger partial charge in [0.25, 0.3) is 0 Å². The molecule has 1 amide bonds. The van der Waals surface area contributed by atoms with Gasteiger partial charge in [0.1, 0.15) is 0 Å². The van der Waals surface area contributed by atoms with Crippen LogP contribution in [0.4, 0.5) is 0 Å². The number of carbonyl (C=O) groups excluding carboxylic acids is 1. The summed E-state index contributed by atoms with van der Waals surface area (Å²) < 4.78 is 26.3. The second-order valence-electron chi connectivity index (χ2n) is 4.83. The molecule has 1 aliphatic heterocycles. The van der Waals surface area contributed by atoms with Gasteiger partial charge in [-0.3, -0.25) is 4.79 Å². The zero-order chi connectivity index (χ0) is 14.8. The second-order valence-corrected chi connectivity index (χ2v) is 7.21. The Labute approximate surface area is 124 Å². The Balaban J connectivity index is 2.05. The molecule has 7 heteroatoms. The molecular formula is C13H17ClN2O3S. The standard InChI is InChI=1S/C13H17ClN2O3S/c1-10(17)15-12-6-8-16(9-7-12)20(18,19)13-4-2-11(14)3-5-13/h2-5,12H,6-9H2,1H3,(H,15,17). The van der Waals surface area contributed by atoms with Crippen LogP contribution in [0.1, 0.15) is 19.8 Å². The number of halogens is 1. The summed E-state index contributed by atoms with van der Waals surface area (Å²) in [5, 5.41) is 3.33. The first-order chi connectivity index (χ1) is 9.39. The van der Waals surface area contributed by atoms with Crippen LogP contribution in [0.3, 0.4) is 0 Å². The van der Waals surface area contributed by atoms with E-state index in [1.807, 2.05) is 0 Å². The van der Waals surface area contributed by atoms with E-state index < -0.39 is 10.0 Å². The summed E-state index contributed by atoms with van der Waals surface area (Å²) in [5.74, 6) is -0.0796. The molecule has 0 saturated carbocycles. The number of piperidine rings is 1. The first-order valence-corrected chi connectivity index (χ1v) is 8.24. The lowest BCUT2D eigenvalue weighted by molar-refractivity contribution is -0.119. The van der Waals surface area contributed by atoms with Crippen molar-refractivity contribution >= 4 is 27.5 Å². The molecular weight excluding hydrogens is 300 g/mol. The summed E-state index contributed by atoms with van der Waals surface area (Å²) in [5.41, 5.74) is 0. The van der Waals surface area contributed by atoms with Crippen LogP contribution in [0, 0.1) is 0 Å². The third-order valence-corrected chi connectivity index (χ3v) is 5.48. The summed E-state index contributed by atoms with van der Waals surface area (Å²) in [7, 11) is -3.47. The molecule has 1 heterocycles. The molecule has 5 nitrogen and oxygen atoms in total. The predicted octanol–water partition coefficient (Wildman–Crippen LogP) is 1.63. The predicted molar refractivity (Wildman–Crippen MR) is 77.0 cm³/mol. The van der Waals surface area contributed by atoms with Crippen LogP contribution in [0.5, 0.6) is 0 Å². The molecule has 110 valence electrons. The molecule has 1 fully saturated rings. The van der Waals surface area contributed by atoms with E-state index >= 15 is 0 Å². The van der Waals surface area contributed by atoms with Crippen LogP contribution in [0.15, 0.2) is 29.2 Å². The van der Waals surface area contributed by atoms with Gasteiger partial charge < -0.3 is 5.32 Å². The van der Waals surface area contributed by atoms with Crippen molar-refractivity contribution in [2.75, 3.05) is 13.1 Å². The molecule has 1 aromatic rings. The first kappa shape index (κ1) is 15.3. The maximum atomic E-state index is 12.4. The Morgan fingerprint density at radius 3 is 2.30 bits per heavy atom. The Hall–Kier alpha value is -1.11. The highest BCUT2D eigenvalue weighted by atomic mass is 35.5. The van der Waals surface area contributed by atoms with Crippen molar-refractivity contribution in [3.05, 3.63) is 29.3 Å². The third kappa shape index (κ3) is 3.50. The van der Waals surface area contributed by atoms with Gasteiger partial charge in [-0.05, 0) is 37.1 Å². The number of benzene rings is 1. The lowest BCUT2D eigenvalue weighted by atomic mass is 10.1. The number of nitrogens with one attached hydrogen (secondary N) is 1. The number of carbonyl (C=O) groups is 1. The van der Waals surface area contributed by atoms with Gasteiger partial charge in [0.2, 0.25) is 15.9 Å². The number of amides is 1. The fraction of sp³-hybridized carbons (Fsp3) is 0.462. The van der Waals surface area contributed by atoms with E-state index in [2.05, 4.69) is 5.32 Å². The van der Waals surface area contributed by atoms with Gasteiger partial charge in [-0.2, -0.15) is 4.31 Å². The fourth-order valence-electron chi connectivity index (χ4n) is 2.28. The van der Waals surface area contributed by atoms with Crippen molar-refractivity contribution in [1.82, 2.24) is 9.62 Å². The minimum Gasteiger partial charge on any atom is -0.354 e. The number of hydrogen-bond donors (Lipinski definition) is 1. The van der Waals surface area contributed by atoms with Gasteiger partial charge in [-0.15, -0.1) is 0 Å². The van der Waals surface area contributed by atoms with E-state index in [1.54, 1.807) is 12.1 Å². The molecule has 20 heavy (non-hydrogen) atoms. The van der Waals surface area contributed by atoms with Gasteiger partial charge in [-0.1, -0.05) is 11.6 Å². The topological polar surface area (TPSA) is 66.5 Å². The summed E-state index contributed by atoms with van der Waals surface area (Å²) in [6, 6.07) is 6.22. The van der Waals surface area contributed by atoms with E-state index in [1.165, 1.54) is 23.4 Å². The van der Waals surface area contributed by atoms with Crippen LogP contribution >= 0.6 is 11.6 Å². The first-order valence-electron chi connectivity index (χ1n) is 6.42. The Morgan fingerprint density at radius 2 is 1.80 bits per heavy atom. The van der Waals surface area contributed by atoms with Gasteiger partial charge in [0.05, 0.1) is 4.90 Å². The van der Waals surface area contributed by atoms with Crippen LogP contribution in [-0.2, 0) is 14.8 Å². The monoisotopic (exact) mass is 316 g/mol. The van der Waals surface area contributed by atoms with E-state index in [-0.39, 0.29) is 16.8 Å². The molecule has 0 aliphatic carbocycles. The van der Waals surface area contributed by atoms with Gasteiger partial charge in [0, 0.05) is 31.1 Å². The normalized spacial score (nSPS) is 17.9. The zero-order valence-corrected chi connectivity index (χ0v) is 12.7. The molecule has 0 atom stereocenters. The highest BCUT2D eigenvalue weighted by Gasteiger charge is 2.29. The van der Waals surface area contributed by atoms with E-state index in [9.17, 15) is 13.2 Å². The van der Waals surface area contributed by atoms with E-state index in [0.29, 0.717) is 31.0 Å². The fourth-order valence-corrected chi connectivity index (χ4v) is 3.88. The minimum absolute atomic E-state index is 0.0594. The number of rotatable bonds is 3. The molecule has 0 unspecified atom stereocenters. The molecule has 0 aromatic heterocycles. The van der Waals surface area contributed by atoms with Crippen molar-refractivity contribution in [1.29, 1.82) is 0 Å². The lowest BCUT2D eigenvalue weighted by Crippen LogP contribution is -2.45. The van der Waals surface area contributed by atoms with Crippen molar-refractivity contribution in [3.8, 4) is 0 Å². The maximum absolute atomic E-state index is 12.4. The SMILES string of the molecule is CC(=O)NC1CCN(S(=O)(=O)c2ccc(Cl)cc2)CC1. The summed E-state index contributed by atoms with van der Waals surface area (Å²) in [4.78, 5) is 11.2. The highest BCUT2D eigenvalue weighted by Crippen LogP contribution is 2.22. The Bertz CT molecular complexity index is 578. The second kappa shape index (κ2) is 6.11. The van der Waals surface area contributed by atoms with E-state index in [4.69, 9.17) is 11.6 Å². The van der Waals surface area contributed by atoms with Crippen LogP contribution in [0.2, 0.25) is 5.02 Å². The summed E-state index contributed by atoms with van der Waals surface area (Å²) >= 11 is 5.77. The molecule has 1 aliphatic rings. The van der Waals surface area contributed by atoms with Gasteiger partial charge in [-0.25, -0.2) is 8.42 Å². The molecule has 0 radical (unpaired) electrons. The average Bonchev–Trinajstić information content (AvgIpc) is 2.39. The van der Waals surface area contributed by atoms with Crippen molar-refractivity contribution < 1.29 is 13.2 Å². The lowest BCUT2D eigenvalue weighted by Gasteiger charge is -2.31. The molecule has 1 aromatic carbocycles. The minimum atomic E-state index is -3.47. The van der Waals surface area contributed by atoms with Crippen LogP contribution in [0.25, 0.3) is 0 Å².